The highest BCUT2D eigenvalue weighted by Gasteiger charge is 2.45. The largest absolute Gasteiger partial charge is 0.744 e. The number of anilines is 2. The van der Waals surface area contributed by atoms with Gasteiger partial charge in [0, 0.05) is 40.9 Å². The van der Waals surface area contributed by atoms with Gasteiger partial charge in [-0.2, -0.15) is 21.4 Å². The Kier molecular flexibility index (Phi) is 14.2. The maximum atomic E-state index is 12.0. The smallest absolute Gasteiger partial charge is 0.335 e. The van der Waals surface area contributed by atoms with Crippen LogP contribution in [0.4, 0.5) is 17.1 Å². The Labute approximate surface area is 341 Å². The van der Waals surface area contributed by atoms with Crippen LogP contribution in [0.2, 0.25) is 0 Å². The summed E-state index contributed by atoms with van der Waals surface area (Å²) in [4.78, 5) is 14.4. The second-order valence-electron chi connectivity index (χ2n) is 15.0. The normalized spacial score (nSPS) is 16.9. The highest BCUT2D eigenvalue weighted by molar-refractivity contribution is 7.86. The molecule has 58 heavy (non-hydrogen) atoms. The Morgan fingerprint density at radius 1 is 0.810 bits per heavy atom. The third kappa shape index (κ3) is 10.4. The number of quaternary nitrogens is 1. The molecule has 5 rings (SSSR count). The van der Waals surface area contributed by atoms with Gasteiger partial charge in [0.05, 0.1) is 51.8 Å². The van der Waals surface area contributed by atoms with Crippen molar-refractivity contribution in [3.8, 4) is 0 Å². The summed E-state index contributed by atoms with van der Waals surface area (Å²) < 4.78 is 103. The first-order chi connectivity index (χ1) is 26.9. The molecule has 0 saturated carbocycles. The summed E-state index contributed by atoms with van der Waals surface area (Å²) in [5.41, 5.74) is 2.63. The van der Waals surface area contributed by atoms with Crippen molar-refractivity contribution in [3.05, 3.63) is 113 Å². The SMILES string of the molecule is CC1(C)C(/C=C/C=C/C=C2/N(c3cccc(S(=O)(=O)O)c3)c3ccc(S(=O)(=O)[O-])cc3C2(C)C)=[N+](CCCS(=O)(=O)O)c2ccc(C(=O)O)cc21.CC[NH+](CC)CC. The number of aromatic carboxylic acids is 1. The molecule has 2 aliphatic rings. The number of allylic oxidation sites excluding steroid dienone is 6. The molecule has 0 amide bonds. The van der Waals surface area contributed by atoms with Gasteiger partial charge in [-0.3, -0.25) is 9.11 Å². The Morgan fingerprint density at radius 2 is 1.47 bits per heavy atom. The highest BCUT2D eigenvalue weighted by atomic mass is 32.2. The van der Waals surface area contributed by atoms with Gasteiger partial charge in [-0.15, -0.1) is 0 Å². The standard InChI is InChI=1S/C35H36N2O11S3.C6H15N/c1-34(2)27-20-23(33(38)39)14-16-29(27)36(18-9-19-49(40,41)42)31(34)12-6-5-7-13-32-35(3,4)28-22-26(51(46,47)48)15-17-30(28)37(32)24-10-8-11-25(21-24)50(43,44)45;1-4-7(5-2)6-3/h5-8,10-17,20-22H,9,18-19H2,1-4H3,(H3-,38,39,40,41,42,43,44,45,46,47,48);4-6H2,1-3H3/p+1. The van der Waals surface area contributed by atoms with E-state index >= 15 is 0 Å². The first-order valence-corrected chi connectivity index (χ1v) is 23.2. The maximum absolute atomic E-state index is 12.0. The van der Waals surface area contributed by atoms with Crippen molar-refractivity contribution in [2.24, 2.45) is 0 Å². The first-order valence-electron chi connectivity index (χ1n) is 18.7. The van der Waals surface area contributed by atoms with Gasteiger partial charge in [0.25, 0.3) is 20.2 Å². The van der Waals surface area contributed by atoms with Gasteiger partial charge >= 0.3 is 5.97 Å². The molecule has 0 aromatic heterocycles. The van der Waals surface area contributed by atoms with E-state index in [4.69, 9.17) is 0 Å². The van der Waals surface area contributed by atoms with E-state index in [1.54, 1.807) is 52.3 Å². The average molecular weight is 859 g/mol. The molecule has 0 bridgehead atoms. The van der Waals surface area contributed by atoms with Crippen LogP contribution in [0, 0.1) is 0 Å². The van der Waals surface area contributed by atoms with E-state index < -0.39 is 57.8 Å². The Bertz CT molecular complexity index is 2510. The minimum absolute atomic E-state index is 0.100. The zero-order valence-corrected chi connectivity index (χ0v) is 36.1. The van der Waals surface area contributed by atoms with Gasteiger partial charge in [0.1, 0.15) is 16.7 Å². The second-order valence-corrected chi connectivity index (χ2v) is 19.4. The number of nitrogens with zero attached hydrogens (tertiary/aromatic N) is 2. The van der Waals surface area contributed by atoms with Gasteiger partial charge < -0.3 is 19.5 Å². The lowest BCUT2D eigenvalue weighted by Gasteiger charge is -2.27. The zero-order valence-electron chi connectivity index (χ0n) is 33.6. The third-order valence-corrected chi connectivity index (χ3v) is 13.1. The summed E-state index contributed by atoms with van der Waals surface area (Å²) in [5, 5.41) is 9.60. The number of carboxylic acid groups (broad SMARTS) is 1. The van der Waals surface area contributed by atoms with E-state index in [-0.39, 0.29) is 23.4 Å². The quantitative estimate of drug-likeness (QED) is 0.0931. The van der Waals surface area contributed by atoms with Gasteiger partial charge in [-0.25, -0.2) is 13.2 Å². The number of rotatable bonds is 14. The van der Waals surface area contributed by atoms with Crippen LogP contribution in [0.3, 0.4) is 0 Å². The van der Waals surface area contributed by atoms with Crippen molar-refractivity contribution >= 4 is 59.1 Å². The monoisotopic (exact) mass is 858 g/mol. The molecule has 314 valence electrons. The Balaban J connectivity index is 0.000000973. The number of hydrogen-bond acceptors (Lipinski definition) is 9. The van der Waals surface area contributed by atoms with Gasteiger partial charge in [0.2, 0.25) is 5.69 Å². The highest BCUT2D eigenvalue weighted by Crippen LogP contribution is 2.52. The summed E-state index contributed by atoms with van der Waals surface area (Å²) in [6, 6.07) is 14.3. The summed E-state index contributed by atoms with van der Waals surface area (Å²) in [6.07, 6.45) is 8.85. The van der Waals surface area contributed by atoms with Crippen molar-refractivity contribution < 1.29 is 58.3 Å². The van der Waals surface area contributed by atoms with Crippen LogP contribution in [-0.4, -0.2) is 92.2 Å². The lowest BCUT2D eigenvalue weighted by Crippen LogP contribution is -3.11. The molecule has 0 aliphatic carbocycles. The molecule has 14 nitrogen and oxygen atoms in total. The molecule has 3 aromatic rings. The molecule has 2 aliphatic heterocycles. The van der Waals surface area contributed by atoms with E-state index in [9.17, 15) is 48.8 Å². The van der Waals surface area contributed by atoms with Crippen LogP contribution in [0.25, 0.3) is 0 Å². The molecule has 0 radical (unpaired) electrons. The molecule has 0 fully saturated rings. The minimum atomic E-state index is -4.79. The minimum Gasteiger partial charge on any atom is -0.744 e. The lowest BCUT2D eigenvalue weighted by molar-refractivity contribution is -0.894. The number of hydrogen-bond donors (Lipinski definition) is 4. The maximum Gasteiger partial charge on any atom is 0.335 e. The fourth-order valence-corrected chi connectivity index (χ4v) is 8.83. The molecule has 0 unspecified atom stereocenters. The first kappa shape index (κ1) is 46.2. The summed E-state index contributed by atoms with van der Waals surface area (Å²) >= 11 is 0. The van der Waals surface area contributed by atoms with Crippen molar-refractivity contribution in [1.29, 1.82) is 0 Å². The molecule has 0 atom stereocenters. The summed E-state index contributed by atoms with van der Waals surface area (Å²) in [7, 11) is -13.6. The van der Waals surface area contributed by atoms with Crippen LogP contribution in [0.1, 0.15) is 76.4 Å². The predicted molar refractivity (Wildman–Crippen MR) is 222 cm³/mol. The van der Waals surface area contributed by atoms with Crippen LogP contribution in [0.15, 0.2) is 107 Å². The van der Waals surface area contributed by atoms with Crippen molar-refractivity contribution in [2.45, 2.75) is 75.5 Å². The average Bonchev–Trinajstić information content (AvgIpc) is 3.49. The van der Waals surface area contributed by atoms with Crippen molar-refractivity contribution in [2.75, 3.05) is 36.8 Å². The Hall–Kier alpha value is -4.49. The van der Waals surface area contributed by atoms with E-state index in [0.29, 0.717) is 28.3 Å². The molecule has 3 aromatic carbocycles. The van der Waals surface area contributed by atoms with Crippen LogP contribution < -0.4 is 9.80 Å². The number of carboxylic acids is 1. The third-order valence-electron chi connectivity index (χ3n) is 10.6. The molecule has 4 N–H and O–H groups in total. The van der Waals surface area contributed by atoms with E-state index in [1.165, 1.54) is 62.1 Å². The van der Waals surface area contributed by atoms with E-state index in [0.717, 1.165) is 11.3 Å². The van der Waals surface area contributed by atoms with Gasteiger partial charge in [0.15, 0.2) is 5.71 Å². The van der Waals surface area contributed by atoms with Crippen molar-refractivity contribution in [1.82, 2.24) is 0 Å². The molecule has 17 heteroatoms. The van der Waals surface area contributed by atoms with Gasteiger partial charge in [-0.05, 0) is 94.8 Å². The summed E-state index contributed by atoms with van der Waals surface area (Å²) in [5.74, 6) is -1.55. The van der Waals surface area contributed by atoms with Crippen molar-refractivity contribution in [3.63, 3.8) is 0 Å². The van der Waals surface area contributed by atoms with E-state index in [1.807, 2.05) is 38.3 Å². The van der Waals surface area contributed by atoms with Crippen LogP contribution >= 0.6 is 0 Å². The molecule has 0 spiro atoms. The molecular formula is C41H52N3O11S3+. The van der Waals surface area contributed by atoms with Gasteiger partial charge in [-0.1, -0.05) is 38.1 Å². The topological polar surface area (TPSA) is 214 Å². The molecule has 2 heterocycles. The molecule has 0 saturated heterocycles. The van der Waals surface area contributed by atoms with Crippen LogP contribution in [-0.2, 0) is 41.2 Å². The predicted octanol–water partition coefficient (Wildman–Crippen LogP) is 5.25. The fraction of sp³-hybridized carbons (Fsp3) is 0.366. The number of fused-ring (bicyclic) bond motifs is 2. The summed E-state index contributed by atoms with van der Waals surface area (Å²) in [6.45, 7) is 18.2. The Morgan fingerprint density at radius 3 is 2.02 bits per heavy atom. The zero-order chi connectivity index (χ0) is 43.4. The fourth-order valence-electron chi connectivity index (χ4n) is 7.32. The van der Waals surface area contributed by atoms with E-state index in [2.05, 4.69) is 20.8 Å². The second kappa shape index (κ2) is 17.8. The molecular weight excluding hydrogens is 807 g/mol. The van der Waals surface area contributed by atoms with Crippen LogP contribution in [0.5, 0.6) is 0 Å². The number of nitrogens with one attached hydrogen (secondary N) is 1. The number of carbonyl (C=O) groups is 1. The number of benzene rings is 3. The lowest BCUT2D eigenvalue weighted by atomic mass is 9.81.